The third kappa shape index (κ3) is 8.55. The van der Waals surface area contributed by atoms with Crippen LogP contribution in [0.15, 0.2) is 36.5 Å². The van der Waals surface area contributed by atoms with Crippen LogP contribution in [-0.2, 0) is 33.0 Å². The molecule has 2 atom stereocenters. The smallest absolute Gasteiger partial charge is 0.416 e. The lowest BCUT2D eigenvalue weighted by atomic mass is 9.93. The Morgan fingerprint density at radius 3 is 2.27 bits per heavy atom. The van der Waals surface area contributed by atoms with E-state index in [4.69, 9.17) is 9.47 Å². The summed E-state index contributed by atoms with van der Waals surface area (Å²) in [6.07, 6.45) is -9.00. The number of hydrogen-bond donors (Lipinski definition) is 2. The van der Waals surface area contributed by atoms with E-state index in [0.717, 1.165) is 0 Å². The number of fused-ring (bicyclic) bond motifs is 1. The number of nitrogens with one attached hydrogen (secondary N) is 2. The Hall–Kier alpha value is -4.83. The summed E-state index contributed by atoms with van der Waals surface area (Å²) in [6, 6.07) is 3.64. The van der Waals surface area contributed by atoms with E-state index >= 15 is 0 Å². The normalized spacial score (nSPS) is 16.2. The fraction of sp³-hybridized carbons (Fsp3) is 0.452. The summed E-state index contributed by atoms with van der Waals surface area (Å²) in [5, 5.41) is 6.08. The van der Waals surface area contributed by atoms with Gasteiger partial charge >= 0.3 is 24.4 Å². The Morgan fingerprint density at radius 1 is 1.00 bits per heavy atom. The molecular weight excluding hydrogens is 650 g/mol. The molecule has 1 aliphatic heterocycles. The van der Waals surface area contributed by atoms with Crippen molar-refractivity contribution < 1.29 is 50.1 Å². The molecule has 17 heteroatoms. The van der Waals surface area contributed by atoms with Gasteiger partial charge < -0.3 is 24.8 Å². The summed E-state index contributed by atoms with van der Waals surface area (Å²) in [5.41, 5.74) is -2.13. The van der Waals surface area contributed by atoms with E-state index < -0.39 is 48.0 Å². The molecular formula is C31H34F6N6O5. The van der Waals surface area contributed by atoms with Crippen LogP contribution >= 0.6 is 0 Å². The predicted molar refractivity (Wildman–Crippen MR) is 162 cm³/mol. The van der Waals surface area contributed by atoms with Gasteiger partial charge in [0.25, 0.3) is 0 Å². The average Bonchev–Trinajstić information content (AvgIpc) is 3.04. The highest BCUT2D eigenvalue weighted by molar-refractivity contribution is 5.90. The molecule has 2 aromatic heterocycles. The summed E-state index contributed by atoms with van der Waals surface area (Å²) in [6.45, 7) is 3.75. The number of hydrogen-bond acceptors (Lipinski definition) is 10. The fourth-order valence-corrected chi connectivity index (χ4v) is 5.27. The predicted octanol–water partition coefficient (Wildman–Crippen LogP) is 6.78. The van der Waals surface area contributed by atoms with Crippen molar-refractivity contribution in [2.45, 2.75) is 64.0 Å². The third-order valence-corrected chi connectivity index (χ3v) is 7.55. The van der Waals surface area contributed by atoms with E-state index in [9.17, 15) is 35.9 Å². The van der Waals surface area contributed by atoms with Crippen molar-refractivity contribution >= 4 is 29.4 Å². The molecule has 0 bridgehead atoms. The SMILES string of the molecule is CCOC(=O)N1c2ccc(OC)nc2[C@@H](Nc2ncc(NCCC(=O)OC)c(Cc3cc(C(F)(F)F)cc(C(F)(F)F)c3)n2)C[C@H]1CC. The van der Waals surface area contributed by atoms with Gasteiger partial charge in [0.1, 0.15) is 0 Å². The second kappa shape index (κ2) is 14.9. The van der Waals surface area contributed by atoms with E-state index in [1.807, 2.05) is 6.92 Å². The van der Waals surface area contributed by atoms with E-state index in [2.05, 4.69) is 30.3 Å². The second-order valence-electron chi connectivity index (χ2n) is 10.7. The first kappa shape index (κ1) is 36.0. The molecule has 0 saturated heterocycles. The highest BCUT2D eigenvalue weighted by Gasteiger charge is 2.39. The van der Waals surface area contributed by atoms with Crippen molar-refractivity contribution in [3.8, 4) is 5.88 Å². The summed E-state index contributed by atoms with van der Waals surface area (Å²) < 4.78 is 96.8. The molecule has 4 rings (SSSR count). The Labute approximate surface area is 272 Å². The molecule has 1 aliphatic rings. The number of carbonyl (C=O) groups excluding carboxylic acids is 2. The molecule has 0 saturated carbocycles. The lowest BCUT2D eigenvalue weighted by Crippen LogP contribution is -2.46. The number of nitrogens with zero attached hydrogens (tertiary/aromatic N) is 4. The molecule has 11 nitrogen and oxygen atoms in total. The molecule has 260 valence electrons. The Morgan fingerprint density at radius 2 is 1.69 bits per heavy atom. The number of rotatable bonds is 11. The molecule has 3 heterocycles. The van der Waals surface area contributed by atoms with E-state index in [1.165, 1.54) is 25.3 Å². The zero-order chi connectivity index (χ0) is 35.2. The maximum atomic E-state index is 13.6. The molecule has 2 N–H and O–H groups in total. The number of ether oxygens (including phenoxy) is 3. The Balaban J connectivity index is 1.75. The fourth-order valence-electron chi connectivity index (χ4n) is 5.27. The van der Waals surface area contributed by atoms with Crippen molar-refractivity contribution in [3.63, 3.8) is 0 Å². The second-order valence-corrected chi connectivity index (χ2v) is 10.7. The van der Waals surface area contributed by atoms with Gasteiger partial charge in [-0.2, -0.15) is 26.3 Å². The van der Waals surface area contributed by atoms with Crippen LogP contribution in [0.3, 0.4) is 0 Å². The summed E-state index contributed by atoms with van der Waals surface area (Å²) >= 11 is 0. The number of halogens is 6. The summed E-state index contributed by atoms with van der Waals surface area (Å²) in [7, 11) is 2.63. The van der Waals surface area contributed by atoms with Gasteiger partial charge in [-0.3, -0.25) is 9.69 Å². The largest absolute Gasteiger partial charge is 0.481 e. The minimum Gasteiger partial charge on any atom is -0.481 e. The molecule has 0 unspecified atom stereocenters. The summed E-state index contributed by atoms with van der Waals surface area (Å²) in [4.78, 5) is 39.5. The van der Waals surface area contributed by atoms with Crippen molar-refractivity contribution in [3.05, 3.63) is 64.6 Å². The van der Waals surface area contributed by atoms with E-state index in [1.54, 1.807) is 19.1 Å². The van der Waals surface area contributed by atoms with Crippen LogP contribution < -0.4 is 20.3 Å². The van der Waals surface area contributed by atoms with Crippen LogP contribution in [0, 0.1) is 0 Å². The first-order valence-electron chi connectivity index (χ1n) is 14.9. The van der Waals surface area contributed by atoms with Gasteiger partial charge in [0.15, 0.2) is 0 Å². The highest BCUT2D eigenvalue weighted by atomic mass is 19.4. The number of pyridine rings is 1. The van der Waals surface area contributed by atoms with E-state index in [-0.39, 0.29) is 60.5 Å². The van der Waals surface area contributed by atoms with Crippen molar-refractivity contribution in [1.82, 2.24) is 15.0 Å². The van der Waals surface area contributed by atoms with Crippen LogP contribution in [0.4, 0.5) is 48.5 Å². The lowest BCUT2D eigenvalue weighted by Gasteiger charge is -2.39. The highest BCUT2D eigenvalue weighted by Crippen LogP contribution is 2.41. The van der Waals surface area contributed by atoms with Crippen LogP contribution in [-0.4, -0.2) is 60.4 Å². The third-order valence-electron chi connectivity index (χ3n) is 7.55. The number of methoxy groups -OCH3 is 2. The first-order chi connectivity index (χ1) is 22.7. The number of alkyl halides is 6. The van der Waals surface area contributed by atoms with Gasteiger partial charge in [0, 0.05) is 25.1 Å². The number of amides is 1. The van der Waals surface area contributed by atoms with E-state index in [0.29, 0.717) is 36.4 Å². The number of esters is 1. The monoisotopic (exact) mass is 684 g/mol. The zero-order valence-electron chi connectivity index (χ0n) is 26.5. The molecule has 0 aliphatic carbocycles. The van der Waals surface area contributed by atoms with Crippen molar-refractivity contribution in [1.29, 1.82) is 0 Å². The van der Waals surface area contributed by atoms with Gasteiger partial charge in [0.05, 0.1) is 73.4 Å². The average molecular weight is 685 g/mol. The maximum absolute atomic E-state index is 13.6. The minimum absolute atomic E-state index is 0.00783. The minimum atomic E-state index is -5.04. The number of carbonyl (C=O) groups is 2. The lowest BCUT2D eigenvalue weighted by molar-refractivity contribution is -0.143. The van der Waals surface area contributed by atoms with Gasteiger partial charge in [-0.05, 0) is 49.6 Å². The zero-order valence-corrected chi connectivity index (χ0v) is 26.5. The van der Waals surface area contributed by atoms with Gasteiger partial charge in [-0.25, -0.2) is 19.7 Å². The molecule has 0 fully saturated rings. The van der Waals surface area contributed by atoms with Crippen LogP contribution in [0.5, 0.6) is 5.88 Å². The Kier molecular flexibility index (Phi) is 11.2. The molecule has 3 aromatic rings. The standard InChI is InChI=1S/C31H34F6N6O5/c1-5-20-15-22(27-24(7-8-25(42-27)46-3)43(20)29(45)48-6-2)41-28-39-16-23(38-10-9-26(44)47-4)21(40-28)13-17-11-18(30(32,33)34)14-19(12-17)31(35,36)37/h7-8,11-12,14,16,20,22,38H,5-6,9-10,13,15H2,1-4H3,(H,39,40,41)/t20-,22+/m1/s1. The summed E-state index contributed by atoms with van der Waals surface area (Å²) in [5.74, 6) is -0.292. The molecule has 0 radical (unpaired) electrons. The van der Waals surface area contributed by atoms with Gasteiger partial charge in [-0.15, -0.1) is 0 Å². The molecule has 1 amide bonds. The molecule has 48 heavy (non-hydrogen) atoms. The molecule has 0 spiro atoms. The van der Waals surface area contributed by atoms with Gasteiger partial charge in [0.2, 0.25) is 11.8 Å². The number of aromatic nitrogens is 3. The Bertz CT molecular complexity index is 1590. The topological polar surface area (TPSA) is 128 Å². The number of benzene rings is 1. The van der Waals surface area contributed by atoms with Crippen LogP contribution in [0.25, 0.3) is 0 Å². The number of anilines is 3. The van der Waals surface area contributed by atoms with Crippen LogP contribution in [0.2, 0.25) is 0 Å². The maximum Gasteiger partial charge on any atom is 0.416 e. The van der Waals surface area contributed by atoms with Crippen molar-refractivity contribution in [2.24, 2.45) is 0 Å². The van der Waals surface area contributed by atoms with Crippen molar-refractivity contribution in [2.75, 3.05) is 42.9 Å². The quantitative estimate of drug-likeness (QED) is 0.165. The molecule has 1 aromatic carbocycles. The van der Waals surface area contributed by atoms with Crippen LogP contribution in [0.1, 0.15) is 67.2 Å². The first-order valence-corrected chi connectivity index (χ1v) is 14.9. The van der Waals surface area contributed by atoms with Gasteiger partial charge in [-0.1, -0.05) is 6.92 Å².